The summed E-state index contributed by atoms with van der Waals surface area (Å²) in [6.07, 6.45) is 0. The summed E-state index contributed by atoms with van der Waals surface area (Å²) in [6, 6.07) is 12.6. The first-order chi connectivity index (χ1) is 8.59. The molecular formula is C13H8BrNO3. The lowest BCUT2D eigenvalue weighted by Gasteiger charge is -2.03. The topological polar surface area (TPSA) is 60.2 Å². The number of nitro benzene ring substituents is 1. The molecular weight excluding hydrogens is 298 g/mol. The zero-order valence-electron chi connectivity index (χ0n) is 9.17. The first-order valence-corrected chi connectivity index (χ1v) is 5.92. The minimum absolute atomic E-state index is 0.0290. The Labute approximate surface area is 112 Å². The van der Waals surface area contributed by atoms with E-state index >= 15 is 0 Å². The molecule has 4 nitrogen and oxygen atoms in total. The predicted octanol–water partition coefficient (Wildman–Crippen LogP) is 3.59. The van der Waals surface area contributed by atoms with Crippen LogP contribution >= 0.6 is 15.9 Å². The van der Waals surface area contributed by atoms with E-state index in [1.165, 1.54) is 24.3 Å². The molecule has 0 atom stereocenters. The third-order valence-corrected chi connectivity index (χ3v) is 3.15. The Morgan fingerprint density at radius 3 is 2.22 bits per heavy atom. The maximum atomic E-state index is 12.1. The summed E-state index contributed by atoms with van der Waals surface area (Å²) in [6.45, 7) is 0. The lowest BCUT2D eigenvalue weighted by atomic mass is 10.0. The van der Waals surface area contributed by atoms with Crippen LogP contribution in [0.15, 0.2) is 53.0 Å². The largest absolute Gasteiger partial charge is 0.289 e. The Balaban J connectivity index is 2.35. The van der Waals surface area contributed by atoms with Crippen LogP contribution in [0.2, 0.25) is 0 Å². The van der Waals surface area contributed by atoms with E-state index in [1.54, 1.807) is 18.2 Å². The van der Waals surface area contributed by atoms with Crippen molar-refractivity contribution in [2.24, 2.45) is 0 Å². The van der Waals surface area contributed by atoms with Gasteiger partial charge < -0.3 is 0 Å². The summed E-state index contributed by atoms with van der Waals surface area (Å²) in [7, 11) is 0. The summed E-state index contributed by atoms with van der Waals surface area (Å²) >= 11 is 3.30. The van der Waals surface area contributed by atoms with Gasteiger partial charge in [-0.05, 0) is 24.3 Å². The number of nitrogens with zero attached hydrogens (tertiary/aromatic N) is 1. The van der Waals surface area contributed by atoms with Gasteiger partial charge in [0, 0.05) is 27.7 Å². The summed E-state index contributed by atoms with van der Waals surface area (Å²) in [4.78, 5) is 22.2. The van der Waals surface area contributed by atoms with Crippen LogP contribution in [0.25, 0.3) is 0 Å². The zero-order valence-corrected chi connectivity index (χ0v) is 10.8. The van der Waals surface area contributed by atoms with Gasteiger partial charge in [0.25, 0.3) is 5.69 Å². The van der Waals surface area contributed by atoms with Crippen LogP contribution in [-0.2, 0) is 0 Å². The van der Waals surface area contributed by atoms with E-state index in [2.05, 4.69) is 15.9 Å². The molecule has 0 saturated heterocycles. The molecule has 0 unspecified atom stereocenters. The number of nitro groups is 1. The average molecular weight is 306 g/mol. The molecule has 0 aliphatic heterocycles. The third-order valence-electron chi connectivity index (χ3n) is 2.46. The second kappa shape index (κ2) is 5.10. The predicted molar refractivity (Wildman–Crippen MR) is 70.7 cm³/mol. The Morgan fingerprint density at radius 2 is 1.67 bits per heavy atom. The van der Waals surface area contributed by atoms with Crippen LogP contribution in [0, 0.1) is 10.1 Å². The van der Waals surface area contributed by atoms with Gasteiger partial charge in [-0.1, -0.05) is 28.1 Å². The van der Waals surface area contributed by atoms with Crippen LogP contribution in [0.3, 0.4) is 0 Å². The Hall–Kier alpha value is -2.01. The van der Waals surface area contributed by atoms with Gasteiger partial charge in [0.2, 0.25) is 0 Å². The second-order valence-electron chi connectivity index (χ2n) is 3.61. The average Bonchev–Trinajstić information content (AvgIpc) is 2.38. The van der Waals surface area contributed by atoms with Gasteiger partial charge in [-0.2, -0.15) is 0 Å². The van der Waals surface area contributed by atoms with E-state index in [4.69, 9.17) is 0 Å². The second-order valence-corrected chi connectivity index (χ2v) is 4.47. The fourth-order valence-electron chi connectivity index (χ4n) is 1.54. The molecule has 2 aromatic carbocycles. The van der Waals surface area contributed by atoms with Crippen molar-refractivity contribution >= 4 is 27.4 Å². The van der Waals surface area contributed by atoms with Crippen molar-refractivity contribution in [3.05, 3.63) is 74.2 Å². The van der Waals surface area contributed by atoms with Gasteiger partial charge in [-0.25, -0.2) is 0 Å². The van der Waals surface area contributed by atoms with Crippen molar-refractivity contribution in [2.75, 3.05) is 0 Å². The fourth-order valence-corrected chi connectivity index (χ4v) is 2.00. The number of benzene rings is 2. The molecule has 0 bridgehead atoms. The van der Waals surface area contributed by atoms with E-state index < -0.39 is 4.92 Å². The standard InChI is InChI=1S/C13H8BrNO3/c14-12-4-2-1-3-11(12)13(16)9-5-7-10(8-6-9)15(17)18/h1-8H. The first-order valence-electron chi connectivity index (χ1n) is 5.13. The molecule has 0 saturated carbocycles. The highest BCUT2D eigenvalue weighted by molar-refractivity contribution is 9.10. The van der Waals surface area contributed by atoms with Gasteiger partial charge >= 0.3 is 0 Å². The van der Waals surface area contributed by atoms with Gasteiger partial charge in [-0.3, -0.25) is 14.9 Å². The van der Waals surface area contributed by atoms with E-state index in [-0.39, 0.29) is 11.5 Å². The maximum absolute atomic E-state index is 12.1. The number of hydrogen-bond donors (Lipinski definition) is 0. The summed E-state index contributed by atoms with van der Waals surface area (Å²) < 4.78 is 0.702. The van der Waals surface area contributed by atoms with Gasteiger partial charge in [-0.15, -0.1) is 0 Å². The van der Waals surface area contributed by atoms with Crippen molar-refractivity contribution in [3.63, 3.8) is 0 Å². The monoisotopic (exact) mass is 305 g/mol. The zero-order chi connectivity index (χ0) is 13.1. The molecule has 18 heavy (non-hydrogen) atoms. The van der Waals surface area contributed by atoms with Crippen LogP contribution in [0.5, 0.6) is 0 Å². The van der Waals surface area contributed by atoms with Crippen LogP contribution in [-0.4, -0.2) is 10.7 Å². The number of halogens is 1. The Kier molecular flexibility index (Phi) is 3.53. The molecule has 0 N–H and O–H groups in total. The number of non-ortho nitro benzene ring substituents is 1. The normalized spacial score (nSPS) is 10.1. The summed E-state index contributed by atoms with van der Waals surface area (Å²) in [5.74, 6) is -0.169. The van der Waals surface area contributed by atoms with Crippen molar-refractivity contribution in [1.29, 1.82) is 0 Å². The molecule has 2 rings (SSSR count). The molecule has 0 aliphatic carbocycles. The molecule has 2 aromatic rings. The molecule has 0 fully saturated rings. The van der Waals surface area contributed by atoms with Crippen LogP contribution in [0.1, 0.15) is 15.9 Å². The van der Waals surface area contributed by atoms with E-state index in [0.717, 1.165) is 0 Å². The highest BCUT2D eigenvalue weighted by atomic mass is 79.9. The van der Waals surface area contributed by atoms with Crippen LogP contribution in [0.4, 0.5) is 5.69 Å². The minimum Gasteiger partial charge on any atom is -0.289 e. The highest BCUT2D eigenvalue weighted by Gasteiger charge is 2.13. The van der Waals surface area contributed by atoms with Crippen molar-refractivity contribution in [1.82, 2.24) is 0 Å². The number of carbonyl (C=O) groups excluding carboxylic acids is 1. The summed E-state index contributed by atoms with van der Waals surface area (Å²) in [5, 5.41) is 10.5. The van der Waals surface area contributed by atoms with E-state index in [9.17, 15) is 14.9 Å². The molecule has 0 radical (unpaired) electrons. The van der Waals surface area contributed by atoms with Crippen molar-refractivity contribution < 1.29 is 9.72 Å². The van der Waals surface area contributed by atoms with Crippen molar-refractivity contribution in [2.45, 2.75) is 0 Å². The maximum Gasteiger partial charge on any atom is 0.269 e. The van der Waals surface area contributed by atoms with Gasteiger partial charge in [0.05, 0.1) is 4.92 Å². The summed E-state index contributed by atoms with van der Waals surface area (Å²) in [5.41, 5.74) is 0.928. The molecule has 0 spiro atoms. The highest BCUT2D eigenvalue weighted by Crippen LogP contribution is 2.21. The third kappa shape index (κ3) is 2.46. The lowest BCUT2D eigenvalue weighted by Crippen LogP contribution is -2.02. The first kappa shape index (κ1) is 12.4. The van der Waals surface area contributed by atoms with E-state index in [0.29, 0.717) is 15.6 Å². The molecule has 5 heteroatoms. The number of rotatable bonds is 3. The lowest BCUT2D eigenvalue weighted by molar-refractivity contribution is -0.384. The number of hydrogen-bond acceptors (Lipinski definition) is 3. The smallest absolute Gasteiger partial charge is 0.269 e. The van der Waals surface area contributed by atoms with Crippen molar-refractivity contribution in [3.8, 4) is 0 Å². The Bertz CT molecular complexity index is 608. The Morgan fingerprint density at radius 1 is 1.06 bits per heavy atom. The SMILES string of the molecule is O=C(c1ccc([N+](=O)[O-])cc1)c1ccccc1Br. The van der Waals surface area contributed by atoms with Gasteiger partial charge in [0.1, 0.15) is 0 Å². The van der Waals surface area contributed by atoms with Crippen LogP contribution < -0.4 is 0 Å². The number of ketones is 1. The fraction of sp³-hybridized carbons (Fsp3) is 0. The quantitative estimate of drug-likeness (QED) is 0.494. The van der Waals surface area contributed by atoms with Gasteiger partial charge in [0.15, 0.2) is 5.78 Å². The molecule has 0 aliphatic rings. The minimum atomic E-state index is -0.493. The molecule has 90 valence electrons. The van der Waals surface area contributed by atoms with E-state index in [1.807, 2.05) is 6.07 Å². The number of carbonyl (C=O) groups is 1. The molecule has 0 heterocycles. The molecule has 0 aromatic heterocycles. The molecule has 0 amide bonds.